The fourth-order valence-electron chi connectivity index (χ4n) is 0.832. The molecule has 0 amide bonds. The van der Waals surface area contributed by atoms with Crippen LogP contribution in [-0.2, 0) is 5.54 Å². The molecule has 0 radical (unpaired) electrons. The van der Waals surface area contributed by atoms with Gasteiger partial charge < -0.3 is 5.73 Å². The number of H-pyrrole nitrogens is 1. The maximum atomic E-state index is 5.79. The van der Waals surface area contributed by atoms with E-state index in [1.165, 1.54) is 0 Å². The fraction of sp³-hybridized carbons (Fsp3) is 0.667. The minimum absolute atomic E-state index is 0. The van der Waals surface area contributed by atoms with Crippen LogP contribution >= 0.6 is 0 Å². The van der Waals surface area contributed by atoms with Crippen molar-refractivity contribution in [1.82, 2.24) is 15.4 Å². The predicted molar refractivity (Wildman–Crippen MR) is 38.2 cm³/mol. The number of rotatable bonds is 1. The van der Waals surface area contributed by atoms with Gasteiger partial charge in [0.05, 0.1) is 11.7 Å². The molecule has 10 heavy (non-hydrogen) atoms. The molecule has 1 aliphatic carbocycles. The molecular formula is C6H12N4. The highest BCUT2D eigenvalue weighted by Gasteiger charge is 2.42. The van der Waals surface area contributed by atoms with Crippen LogP contribution < -0.4 is 5.73 Å². The zero-order chi connectivity index (χ0) is 6.32. The van der Waals surface area contributed by atoms with Crippen molar-refractivity contribution in [3.05, 3.63) is 11.9 Å². The van der Waals surface area contributed by atoms with E-state index < -0.39 is 0 Å². The lowest BCUT2D eigenvalue weighted by molar-refractivity contribution is 0.701. The van der Waals surface area contributed by atoms with E-state index in [9.17, 15) is 0 Å². The van der Waals surface area contributed by atoms with Crippen LogP contribution in [0.25, 0.3) is 0 Å². The van der Waals surface area contributed by atoms with Gasteiger partial charge in [0.2, 0.25) is 0 Å². The first kappa shape index (κ1) is 7.21. The Morgan fingerprint density at radius 3 is 2.70 bits per heavy atom. The minimum atomic E-state index is -0.132. The summed E-state index contributed by atoms with van der Waals surface area (Å²) in [5, 5.41) is 10.1. The summed E-state index contributed by atoms with van der Waals surface area (Å²) in [5.41, 5.74) is 6.55. The Balaban J connectivity index is 0.000000500. The van der Waals surface area contributed by atoms with Gasteiger partial charge in [-0.15, -0.1) is 0 Å². The second-order valence-corrected chi connectivity index (χ2v) is 2.51. The SMILES string of the molecule is C.NC1(c2cn[nH]n2)CC1. The van der Waals surface area contributed by atoms with Crippen molar-refractivity contribution in [3.63, 3.8) is 0 Å². The first-order valence-electron chi connectivity index (χ1n) is 2.96. The van der Waals surface area contributed by atoms with E-state index >= 15 is 0 Å². The molecule has 1 fully saturated rings. The number of nitrogens with two attached hydrogens (primary N) is 1. The van der Waals surface area contributed by atoms with Crippen molar-refractivity contribution in [2.75, 3.05) is 0 Å². The second-order valence-electron chi connectivity index (χ2n) is 2.51. The molecule has 0 spiro atoms. The molecule has 1 aliphatic rings. The molecule has 2 rings (SSSR count). The predicted octanol–water partition coefficient (Wildman–Crippen LogP) is 0.389. The number of hydrogen-bond donors (Lipinski definition) is 2. The van der Waals surface area contributed by atoms with Crippen LogP contribution in [0.4, 0.5) is 0 Å². The Labute approximate surface area is 59.8 Å². The smallest absolute Gasteiger partial charge is 0.102 e. The molecule has 3 N–H and O–H groups in total. The highest BCUT2D eigenvalue weighted by atomic mass is 15.3. The van der Waals surface area contributed by atoms with E-state index in [4.69, 9.17) is 5.73 Å². The monoisotopic (exact) mass is 140 g/mol. The summed E-state index contributed by atoms with van der Waals surface area (Å²) in [7, 11) is 0. The third-order valence-electron chi connectivity index (χ3n) is 1.71. The molecule has 1 heterocycles. The summed E-state index contributed by atoms with van der Waals surface area (Å²) < 4.78 is 0. The summed E-state index contributed by atoms with van der Waals surface area (Å²) in [6.45, 7) is 0. The van der Waals surface area contributed by atoms with Crippen molar-refractivity contribution in [2.24, 2.45) is 5.73 Å². The summed E-state index contributed by atoms with van der Waals surface area (Å²) >= 11 is 0. The molecule has 0 aliphatic heterocycles. The maximum Gasteiger partial charge on any atom is 0.102 e. The van der Waals surface area contributed by atoms with E-state index in [2.05, 4.69) is 15.4 Å². The number of hydrogen-bond acceptors (Lipinski definition) is 3. The van der Waals surface area contributed by atoms with Crippen molar-refractivity contribution in [2.45, 2.75) is 25.8 Å². The molecule has 4 heteroatoms. The zero-order valence-electron chi connectivity index (χ0n) is 4.96. The molecule has 4 nitrogen and oxygen atoms in total. The lowest BCUT2D eigenvalue weighted by Crippen LogP contribution is -2.18. The van der Waals surface area contributed by atoms with Crippen LogP contribution in [0.5, 0.6) is 0 Å². The van der Waals surface area contributed by atoms with Gasteiger partial charge in [0, 0.05) is 0 Å². The van der Waals surface area contributed by atoms with Crippen LogP contribution in [0, 0.1) is 0 Å². The van der Waals surface area contributed by atoms with Crippen LogP contribution in [-0.4, -0.2) is 15.4 Å². The third kappa shape index (κ3) is 0.903. The summed E-state index contributed by atoms with van der Waals surface area (Å²) in [6, 6.07) is 0. The Morgan fingerprint density at radius 1 is 1.60 bits per heavy atom. The van der Waals surface area contributed by atoms with Crippen LogP contribution in [0.3, 0.4) is 0 Å². The lowest BCUT2D eigenvalue weighted by Gasteiger charge is -1.99. The van der Waals surface area contributed by atoms with Gasteiger partial charge in [-0.25, -0.2) is 0 Å². The summed E-state index contributed by atoms with van der Waals surface area (Å²) in [4.78, 5) is 0. The molecule has 0 atom stereocenters. The molecule has 0 saturated heterocycles. The molecule has 1 aromatic heterocycles. The average Bonchev–Trinajstić information content (AvgIpc) is 2.46. The molecular weight excluding hydrogens is 128 g/mol. The fourth-order valence-corrected chi connectivity index (χ4v) is 0.832. The third-order valence-corrected chi connectivity index (χ3v) is 1.71. The number of aromatic amines is 1. The molecule has 1 saturated carbocycles. The molecule has 1 aromatic rings. The zero-order valence-corrected chi connectivity index (χ0v) is 4.96. The standard InChI is InChI=1S/C5H8N4.CH4/c6-5(1-2-5)4-3-7-9-8-4;/h3H,1-2,6H2,(H,7,8,9);1H4. The normalized spacial score (nSPS) is 19.7. The van der Waals surface area contributed by atoms with Crippen molar-refractivity contribution in [1.29, 1.82) is 0 Å². The van der Waals surface area contributed by atoms with Gasteiger partial charge in [0.25, 0.3) is 0 Å². The number of nitrogens with zero attached hydrogens (tertiary/aromatic N) is 2. The Bertz CT molecular complexity index is 200. The van der Waals surface area contributed by atoms with Crippen LogP contribution in [0.2, 0.25) is 0 Å². The summed E-state index contributed by atoms with van der Waals surface area (Å²) in [5.74, 6) is 0. The van der Waals surface area contributed by atoms with Crippen molar-refractivity contribution in [3.8, 4) is 0 Å². The number of aromatic nitrogens is 3. The van der Waals surface area contributed by atoms with Gasteiger partial charge in [-0.2, -0.15) is 15.4 Å². The van der Waals surface area contributed by atoms with E-state index in [0.717, 1.165) is 18.5 Å². The van der Waals surface area contributed by atoms with E-state index in [1.807, 2.05) is 0 Å². The van der Waals surface area contributed by atoms with E-state index in [1.54, 1.807) is 6.20 Å². The average molecular weight is 140 g/mol. The van der Waals surface area contributed by atoms with Crippen molar-refractivity contribution < 1.29 is 0 Å². The van der Waals surface area contributed by atoms with Gasteiger partial charge in [-0.3, -0.25) is 0 Å². The lowest BCUT2D eigenvalue weighted by atomic mass is 10.2. The largest absolute Gasteiger partial charge is 0.320 e. The van der Waals surface area contributed by atoms with Crippen LogP contribution in [0.1, 0.15) is 26.0 Å². The Hall–Kier alpha value is -0.900. The van der Waals surface area contributed by atoms with E-state index in [0.29, 0.717) is 0 Å². The maximum absolute atomic E-state index is 5.79. The highest BCUT2D eigenvalue weighted by molar-refractivity contribution is 5.17. The van der Waals surface area contributed by atoms with Gasteiger partial charge >= 0.3 is 0 Å². The van der Waals surface area contributed by atoms with Gasteiger partial charge in [0.15, 0.2) is 0 Å². The highest BCUT2D eigenvalue weighted by Crippen LogP contribution is 2.40. The molecule has 56 valence electrons. The quantitative estimate of drug-likeness (QED) is 0.593. The van der Waals surface area contributed by atoms with Crippen molar-refractivity contribution >= 4 is 0 Å². The van der Waals surface area contributed by atoms with Crippen LogP contribution in [0.15, 0.2) is 6.20 Å². The molecule has 0 unspecified atom stereocenters. The molecule has 0 bridgehead atoms. The number of nitrogens with one attached hydrogen (secondary N) is 1. The second kappa shape index (κ2) is 2.05. The first-order valence-corrected chi connectivity index (χ1v) is 2.96. The first-order chi connectivity index (χ1) is 4.31. The molecule has 0 aromatic carbocycles. The minimum Gasteiger partial charge on any atom is -0.320 e. The Morgan fingerprint density at radius 2 is 2.30 bits per heavy atom. The summed E-state index contributed by atoms with van der Waals surface area (Å²) in [6.07, 6.45) is 3.77. The Kier molecular flexibility index (Phi) is 1.48. The van der Waals surface area contributed by atoms with Gasteiger partial charge in [0.1, 0.15) is 5.69 Å². The van der Waals surface area contributed by atoms with Gasteiger partial charge in [-0.05, 0) is 12.8 Å². The van der Waals surface area contributed by atoms with E-state index in [-0.39, 0.29) is 13.0 Å². The van der Waals surface area contributed by atoms with Gasteiger partial charge in [-0.1, -0.05) is 7.43 Å². The topological polar surface area (TPSA) is 67.6 Å².